The Morgan fingerprint density at radius 3 is 2.84 bits per heavy atom. The number of carboxylic acids is 1. The van der Waals surface area contributed by atoms with Crippen molar-refractivity contribution in [2.45, 2.75) is 0 Å². The van der Waals surface area contributed by atoms with Crippen LogP contribution in [0.1, 0.15) is 15.9 Å². The normalized spacial score (nSPS) is 9.68. The third-order valence-electron chi connectivity index (χ3n) is 2.19. The lowest BCUT2D eigenvalue weighted by atomic mass is 10.2. The van der Waals surface area contributed by atoms with Gasteiger partial charge in [0.25, 0.3) is 5.88 Å². The van der Waals surface area contributed by atoms with Gasteiger partial charge in [-0.15, -0.1) is 5.10 Å². The first kappa shape index (κ1) is 12.4. The van der Waals surface area contributed by atoms with E-state index in [9.17, 15) is 9.18 Å². The average Bonchev–Trinajstić information content (AvgIpc) is 2.39. The van der Waals surface area contributed by atoms with E-state index >= 15 is 0 Å². The van der Waals surface area contributed by atoms with E-state index in [0.717, 1.165) is 12.1 Å². The van der Waals surface area contributed by atoms with Crippen LogP contribution in [0.3, 0.4) is 0 Å². The molecule has 19 heavy (non-hydrogen) atoms. The van der Waals surface area contributed by atoms with E-state index in [2.05, 4.69) is 10.2 Å². The van der Waals surface area contributed by atoms with Crippen LogP contribution in [0.4, 0.5) is 4.39 Å². The van der Waals surface area contributed by atoms with E-state index in [4.69, 9.17) is 15.1 Å². The maximum Gasteiger partial charge on any atom is 0.338 e. The molecule has 1 N–H and O–H groups in total. The molecule has 0 radical (unpaired) electrons. The smallest absolute Gasteiger partial charge is 0.338 e. The molecular weight excluding hydrogens is 253 g/mol. The van der Waals surface area contributed by atoms with Gasteiger partial charge in [-0.05, 0) is 18.2 Å². The van der Waals surface area contributed by atoms with E-state index in [-0.39, 0.29) is 17.2 Å². The molecule has 0 aliphatic heterocycles. The summed E-state index contributed by atoms with van der Waals surface area (Å²) in [4.78, 5) is 10.6. The van der Waals surface area contributed by atoms with Crippen LogP contribution in [0.2, 0.25) is 0 Å². The molecule has 0 saturated heterocycles. The lowest BCUT2D eigenvalue weighted by molar-refractivity contribution is 0.0692. The van der Waals surface area contributed by atoms with Crippen LogP contribution in [-0.4, -0.2) is 21.3 Å². The van der Waals surface area contributed by atoms with E-state index in [1.807, 2.05) is 6.07 Å². The van der Waals surface area contributed by atoms with Gasteiger partial charge in [-0.3, -0.25) is 0 Å². The number of aromatic carboxylic acids is 1. The molecule has 6 nitrogen and oxygen atoms in total. The predicted molar refractivity (Wildman–Crippen MR) is 60.2 cm³/mol. The minimum absolute atomic E-state index is 0.0273. The van der Waals surface area contributed by atoms with Crippen LogP contribution >= 0.6 is 0 Å². The van der Waals surface area contributed by atoms with Crippen molar-refractivity contribution in [3.8, 4) is 17.7 Å². The molecule has 1 aromatic carbocycles. The highest BCUT2D eigenvalue weighted by Crippen LogP contribution is 2.23. The van der Waals surface area contributed by atoms with Crippen molar-refractivity contribution in [2.75, 3.05) is 0 Å². The van der Waals surface area contributed by atoms with Crippen LogP contribution in [0.5, 0.6) is 11.6 Å². The van der Waals surface area contributed by atoms with Gasteiger partial charge in [0.05, 0.1) is 11.8 Å². The van der Waals surface area contributed by atoms with Crippen LogP contribution in [-0.2, 0) is 0 Å². The molecule has 0 saturated carbocycles. The zero-order valence-corrected chi connectivity index (χ0v) is 9.37. The lowest BCUT2D eigenvalue weighted by Gasteiger charge is -2.06. The predicted octanol–water partition coefficient (Wildman–Crippen LogP) is 1.98. The van der Waals surface area contributed by atoms with Gasteiger partial charge in [-0.1, -0.05) is 0 Å². The first-order valence-corrected chi connectivity index (χ1v) is 5.04. The maximum atomic E-state index is 13.4. The van der Waals surface area contributed by atoms with E-state index in [0.29, 0.717) is 0 Å². The summed E-state index contributed by atoms with van der Waals surface area (Å²) in [7, 11) is 0. The van der Waals surface area contributed by atoms with Gasteiger partial charge in [0.1, 0.15) is 23.2 Å². The van der Waals surface area contributed by atoms with Gasteiger partial charge in [0.2, 0.25) is 0 Å². The molecule has 0 atom stereocenters. The zero-order chi connectivity index (χ0) is 13.8. The summed E-state index contributed by atoms with van der Waals surface area (Å²) in [5, 5.41) is 24.6. The largest absolute Gasteiger partial charge is 0.478 e. The van der Waals surface area contributed by atoms with Gasteiger partial charge < -0.3 is 9.84 Å². The molecule has 0 bridgehead atoms. The number of carboxylic acid groups (broad SMARTS) is 1. The first-order valence-electron chi connectivity index (χ1n) is 5.04. The lowest BCUT2D eigenvalue weighted by Crippen LogP contribution is -2.01. The van der Waals surface area contributed by atoms with Crippen molar-refractivity contribution < 1.29 is 19.0 Å². The third-order valence-corrected chi connectivity index (χ3v) is 2.19. The Hall–Kier alpha value is -3.01. The molecular formula is C12H6FN3O3. The molecule has 94 valence electrons. The van der Waals surface area contributed by atoms with Crippen molar-refractivity contribution in [3.05, 3.63) is 47.4 Å². The Kier molecular flexibility index (Phi) is 3.34. The number of nitrogens with zero attached hydrogens (tertiary/aromatic N) is 3. The van der Waals surface area contributed by atoms with Gasteiger partial charge in [-0.25, -0.2) is 9.18 Å². The second kappa shape index (κ2) is 5.10. The number of rotatable bonds is 3. The summed E-state index contributed by atoms with van der Waals surface area (Å²) >= 11 is 0. The van der Waals surface area contributed by atoms with Crippen molar-refractivity contribution in [3.63, 3.8) is 0 Å². The summed E-state index contributed by atoms with van der Waals surface area (Å²) in [5.41, 5.74) is -0.329. The molecule has 2 rings (SSSR count). The Bertz CT molecular complexity index is 682. The monoisotopic (exact) mass is 259 g/mol. The fraction of sp³-hybridized carbons (Fsp3) is 0. The van der Waals surface area contributed by atoms with Crippen LogP contribution in [0.15, 0.2) is 30.5 Å². The Morgan fingerprint density at radius 2 is 2.21 bits per heavy atom. The number of ether oxygens (including phenoxy) is 1. The summed E-state index contributed by atoms with van der Waals surface area (Å²) in [6.45, 7) is 0. The van der Waals surface area contributed by atoms with Crippen molar-refractivity contribution in [1.82, 2.24) is 10.2 Å². The molecule has 0 fully saturated rings. The third kappa shape index (κ3) is 2.63. The Morgan fingerprint density at radius 1 is 1.42 bits per heavy atom. The van der Waals surface area contributed by atoms with E-state index in [1.165, 1.54) is 18.3 Å². The van der Waals surface area contributed by atoms with E-state index < -0.39 is 17.3 Å². The topological polar surface area (TPSA) is 96.1 Å². The minimum Gasteiger partial charge on any atom is -0.478 e. The summed E-state index contributed by atoms with van der Waals surface area (Å²) in [6, 6.07) is 6.47. The highest BCUT2D eigenvalue weighted by Gasteiger charge is 2.12. The number of aromatic nitrogens is 2. The summed E-state index contributed by atoms with van der Waals surface area (Å²) < 4.78 is 18.6. The summed E-state index contributed by atoms with van der Waals surface area (Å²) in [6.07, 6.45) is 1.32. The number of benzene rings is 1. The fourth-order valence-electron chi connectivity index (χ4n) is 1.32. The SMILES string of the molecule is N#Cc1ccnnc1Oc1ccc(C(=O)O)c(F)c1. The molecule has 0 spiro atoms. The highest BCUT2D eigenvalue weighted by molar-refractivity contribution is 5.88. The fourth-order valence-corrected chi connectivity index (χ4v) is 1.32. The average molecular weight is 259 g/mol. The molecule has 2 aromatic rings. The second-order valence-corrected chi connectivity index (χ2v) is 3.41. The first-order chi connectivity index (χ1) is 9.11. The van der Waals surface area contributed by atoms with Crippen LogP contribution < -0.4 is 4.74 Å². The molecule has 1 heterocycles. The maximum absolute atomic E-state index is 13.4. The molecule has 0 aliphatic carbocycles. The minimum atomic E-state index is -1.37. The number of halogens is 1. The molecule has 1 aromatic heterocycles. The number of hydrogen-bond acceptors (Lipinski definition) is 5. The van der Waals surface area contributed by atoms with Gasteiger partial charge in [0, 0.05) is 6.07 Å². The number of nitriles is 1. The van der Waals surface area contributed by atoms with Gasteiger partial charge in [0.15, 0.2) is 0 Å². The molecule has 0 aliphatic rings. The van der Waals surface area contributed by atoms with Crippen LogP contribution in [0.25, 0.3) is 0 Å². The zero-order valence-electron chi connectivity index (χ0n) is 9.37. The number of carbonyl (C=O) groups is 1. The number of hydrogen-bond donors (Lipinski definition) is 1. The van der Waals surface area contributed by atoms with Gasteiger partial charge >= 0.3 is 5.97 Å². The highest BCUT2D eigenvalue weighted by atomic mass is 19.1. The molecule has 7 heteroatoms. The van der Waals surface area contributed by atoms with E-state index in [1.54, 1.807) is 0 Å². The molecule has 0 amide bonds. The van der Waals surface area contributed by atoms with Gasteiger partial charge in [-0.2, -0.15) is 10.4 Å². The second-order valence-electron chi connectivity index (χ2n) is 3.41. The Balaban J connectivity index is 2.32. The van der Waals surface area contributed by atoms with Crippen molar-refractivity contribution in [1.29, 1.82) is 5.26 Å². The quantitative estimate of drug-likeness (QED) is 0.905. The van der Waals surface area contributed by atoms with Crippen molar-refractivity contribution >= 4 is 5.97 Å². The Labute approximate surface area is 106 Å². The van der Waals surface area contributed by atoms with Crippen LogP contribution in [0, 0.1) is 17.1 Å². The van der Waals surface area contributed by atoms with Crippen molar-refractivity contribution in [2.24, 2.45) is 0 Å². The molecule has 0 unspecified atom stereocenters. The summed E-state index contributed by atoms with van der Waals surface area (Å²) in [5.74, 6) is -2.36. The standard InChI is InChI=1S/C12H6FN3O3/c13-10-5-8(1-2-9(10)12(17)18)19-11-7(6-14)3-4-15-16-11/h1-5H,(H,17,18).